The molecule has 1 fully saturated rings. The normalized spacial score (nSPS) is 16.8. The highest BCUT2D eigenvalue weighted by atomic mass is 16.2. The van der Waals surface area contributed by atoms with E-state index in [4.69, 9.17) is 0 Å². The second-order valence-corrected chi connectivity index (χ2v) is 6.70. The van der Waals surface area contributed by atoms with Crippen LogP contribution in [-0.2, 0) is 0 Å². The Hall–Kier alpha value is -2.42. The first-order chi connectivity index (χ1) is 12.3. The van der Waals surface area contributed by atoms with Crippen molar-refractivity contribution in [3.05, 3.63) is 71.8 Å². The number of hydrogen-bond acceptors (Lipinski definition) is 2. The van der Waals surface area contributed by atoms with E-state index < -0.39 is 0 Å². The first-order valence-electron chi connectivity index (χ1n) is 9.20. The molecule has 1 amide bonds. The van der Waals surface area contributed by atoms with Gasteiger partial charge in [-0.15, -0.1) is 0 Å². The van der Waals surface area contributed by atoms with Crippen LogP contribution in [0.1, 0.15) is 59.2 Å². The molecule has 0 spiro atoms. The van der Waals surface area contributed by atoms with Crippen LogP contribution in [0.3, 0.4) is 0 Å². The first kappa shape index (κ1) is 17.4. The van der Waals surface area contributed by atoms with Crippen molar-refractivity contribution in [2.45, 2.75) is 44.6 Å². The molecule has 0 radical (unpaired) electrons. The maximum Gasteiger partial charge on any atom is 0.254 e. The highest BCUT2D eigenvalue weighted by molar-refractivity contribution is 5.96. The zero-order chi connectivity index (χ0) is 17.5. The average molecular weight is 335 g/mol. The molecule has 0 aliphatic carbocycles. The Balaban J connectivity index is 1.46. The number of hydrogen-bond donors (Lipinski definition) is 0. The summed E-state index contributed by atoms with van der Waals surface area (Å²) in [5, 5.41) is 0. The maximum atomic E-state index is 12.7. The molecule has 0 aromatic heterocycles. The third-order valence-corrected chi connectivity index (χ3v) is 4.95. The van der Waals surface area contributed by atoms with E-state index in [1.807, 2.05) is 65.6 Å². The summed E-state index contributed by atoms with van der Waals surface area (Å²) in [6, 6.07) is 19.3. The van der Waals surface area contributed by atoms with Crippen molar-refractivity contribution >= 4 is 11.7 Å². The fraction of sp³-hybridized carbons (Fsp3) is 0.364. The maximum absolute atomic E-state index is 12.7. The van der Waals surface area contributed by atoms with Crippen molar-refractivity contribution in [2.24, 2.45) is 0 Å². The minimum absolute atomic E-state index is 0.142. The molecule has 3 heteroatoms. The van der Waals surface area contributed by atoms with Crippen molar-refractivity contribution in [3.63, 3.8) is 0 Å². The summed E-state index contributed by atoms with van der Waals surface area (Å²) in [6.45, 7) is 0.849. The van der Waals surface area contributed by atoms with Crippen LogP contribution in [0.4, 0.5) is 0 Å². The number of ketones is 1. The highest BCUT2D eigenvalue weighted by Crippen LogP contribution is 2.24. The number of unbranched alkanes of at least 4 members (excludes halogenated alkanes) is 1. The molecule has 3 nitrogen and oxygen atoms in total. The van der Waals surface area contributed by atoms with E-state index in [0.29, 0.717) is 12.5 Å². The molecule has 3 rings (SSSR count). The molecule has 2 aromatic carbocycles. The molecule has 2 aromatic rings. The van der Waals surface area contributed by atoms with Crippen LogP contribution in [0, 0.1) is 0 Å². The lowest BCUT2D eigenvalue weighted by molar-refractivity contribution is 0.0727. The molecule has 1 atom stereocenters. The molecule has 1 aliphatic rings. The smallest absolute Gasteiger partial charge is 0.254 e. The van der Waals surface area contributed by atoms with Crippen molar-refractivity contribution < 1.29 is 9.59 Å². The Bertz CT molecular complexity index is 696. The van der Waals surface area contributed by atoms with Crippen molar-refractivity contribution in [3.8, 4) is 0 Å². The second kappa shape index (κ2) is 8.61. The van der Waals surface area contributed by atoms with Crippen LogP contribution >= 0.6 is 0 Å². The van der Waals surface area contributed by atoms with E-state index in [9.17, 15) is 9.59 Å². The highest BCUT2D eigenvalue weighted by Gasteiger charge is 2.28. The van der Waals surface area contributed by atoms with Gasteiger partial charge in [-0.3, -0.25) is 9.59 Å². The van der Waals surface area contributed by atoms with Crippen molar-refractivity contribution in [1.29, 1.82) is 0 Å². The predicted octanol–water partition coefficient (Wildman–Crippen LogP) is 4.73. The van der Waals surface area contributed by atoms with Crippen LogP contribution in [0.15, 0.2) is 60.7 Å². The summed E-state index contributed by atoms with van der Waals surface area (Å²) in [5.41, 5.74) is 1.57. The average Bonchev–Trinajstić information content (AvgIpc) is 3.14. The zero-order valence-electron chi connectivity index (χ0n) is 14.6. The molecule has 0 N–H and O–H groups in total. The Labute approximate surface area is 149 Å². The van der Waals surface area contributed by atoms with E-state index >= 15 is 0 Å². The summed E-state index contributed by atoms with van der Waals surface area (Å²) >= 11 is 0. The standard InChI is InChI=1S/C22H25NO2/c24-21(18-10-3-1-4-11-18)16-8-7-14-20-15-9-17-23(20)22(25)19-12-5-2-6-13-19/h1-6,10-13,20H,7-9,14-17H2/t20-/m1/s1. The van der Waals surface area contributed by atoms with E-state index in [1.54, 1.807) is 0 Å². The lowest BCUT2D eigenvalue weighted by Crippen LogP contribution is -2.35. The molecule has 25 heavy (non-hydrogen) atoms. The van der Waals surface area contributed by atoms with Gasteiger partial charge in [-0.25, -0.2) is 0 Å². The van der Waals surface area contributed by atoms with Gasteiger partial charge in [0.25, 0.3) is 5.91 Å². The van der Waals surface area contributed by atoms with Crippen molar-refractivity contribution in [2.75, 3.05) is 6.54 Å². The van der Waals surface area contributed by atoms with Gasteiger partial charge in [-0.2, -0.15) is 0 Å². The van der Waals surface area contributed by atoms with Gasteiger partial charge in [0.15, 0.2) is 5.78 Å². The molecular formula is C22H25NO2. The second-order valence-electron chi connectivity index (χ2n) is 6.70. The summed E-state index contributed by atoms with van der Waals surface area (Å²) < 4.78 is 0. The minimum atomic E-state index is 0.142. The number of likely N-dealkylation sites (tertiary alicyclic amines) is 1. The number of benzene rings is 2. The summed E-state index contributed by atoms with van der Waals surface area (Å²) in [7, 11) is 0. The number of Topliss-reactive ketones (excluding diaryl/α,β-unsaturated/α-hetero) is 1. The van der Waals surface area contributed by atoms with Crippen LogP contribution in [-0.4, -0.2) is 29.2 Å². The molecule has 0 saturated carbocycles. The van der Waals surface area contributed by atoms with Gasteiger partial charge in [0, 0.05) is 30.1 Å². The van der Waals surface area contributed by atoms with E-state index in [2.05, 4.69) is 0 Å². The fourth-order valence-corrected chi connectivity index (χ4v) is 3.58. The lowest BCUT2D eigenvalue weighted by atomic mass is 10.0. The zero-order valence-corrected chi connectivity index (χ0v) is 14.6. The Morgan fingerprint density at radius 2 is 1.52 bits per heavy atom. The van der Waals surface area contributed by atoms with E-state index in [-0.39, 0.29) is 11.7 Å². The van der Waals surface area contributed by atoms with E-state index in [1.165, 1.54) is 0 Å². The monoisotopic (exact) mass is 335 g/mol. The van der Waals surface area contributed by atoms with Crippen LogP contribution in [0.25, 0.3) is 0 Å². The first-order valence-corrected chi connectivity index (χ1v) is 9.20. The fourth-order valence-electron chi connectivity index (χ4n) is 3.58. The van der Waals surface area contributed by atoms with Gasteiger partial charge in [-0.05, 0) is 37.8 Å². The van der Waals surface area contributed by atoms with Gasteiger partial charge in [0.1, 0.15) is 0 Å². The summed E-state index contributed by atoms with van der Waals surface area (Å²) in [5.74, 6) is 0.354. The molecule has 0 bridgehead atoms. The van der Waals surface area contributed by atoms with Gasteiger partial charge in [0.05, 0.1) is 0 Å². The topological polar surface area (TPSA) is 37.4 Å². The quantitative estimate of drug-likeness (QED) is 0.541. The Morgan fingerprint density at radius 3 is 2.20 bits per heavy atom. The number of rotatable bonds is 7. The minimum Gasteiger partial charge on any atom is -0.336 e. The number of amides is 1. The molecule has 130 valence electrons. The van der Waals surface area contributed by atoms with E-state index in [0.717, 1.165) is 49.8 Å². The van der Waals surface area contributed by atoms with Gasteiger partial charge in [0.2, 0.25) is 0 Å². The number of carbonyl (C=O) groups excluding carboxylic acids is 2. The summed E-state index contributed by atoms with van der Waals surface area (Å²) in [6.07, 6.45) is 5.60. The molecule has 0 unspecified atom stereocenters. The molecular weight excluding hydrogens is 310 g/mol. The molecule has 1 heterocycles. The Morgan fingerprint density at radius 1 is 0.880 bits per heavy atom. The summed E-state index contributed by atoms with van der Waals surface area (Å²) in [4.78, 5) is 26.8. The third kappa shape index (κ3) is 4.56. The van der Waals surface area contributed by atoms with Crippen molar-refractivity contribution in [1.82, 2.24) is 4.90 Å². The SMILES string of the molecule is O=C(CCCC[C@@H]1CCCN1C(=O)c1ccccc1)c1ccccc1. The Kier molecular flexibility index (Phi) is 5.99. The van der Waals surface area contributed by atoms with Gasteiger partial charge >= 0.3 is 0 Å². The van der Waals surface area contributed by atoms with Gasteiger partial charge in [-0.1, -0.05) is 55.0 Å². The molecule has 1 aliphatic heterocycles. The molecule has 1 saturated heterocycles. The van der Waals surface area contributed by atoms with Crippen LogP contribution in [0.5, 0.6) is 0 Å². The predicted molar refractivity (Wildman–Crippen MR) is 99.7 cm³/mol. The third-order valence-electron chi connectivity index (χ3n) is 4.95. The van der Waals surface area contributed by atoms with Crippen LogP contribution in [0.2, 0.25) is 0 Å². The number of nitrogens with zero attached hydrogens (tertiary/aromatic N) is 1. The lowest BCUT2D eigenvalue weighted by Gasteiger charge is -2.25. The van der Waals surface area contributed by atoms with Gasteiger partial charge < -0.3 is 4.90 Å². The number of carbonyl (C=O) groups is 2. The van der Waals surface area contributed by atoms with Crippen LogP contribution < -0.4 is 0 Å². The largest absolute Gasteiger partial charge is 0.336 e.